The third kappa shape index (κ3) is 3.30. The van der Waals surface area contributed by atoms with Gasteiger partial charge in [0.05, 0.1) is 25.7 Å². The number of carbonyl (C=O) groups excluding carboxylic acids is 1. The first-order chi connectivity index (χ1) is 13.6. The van der Waals surface area contributed by atoms with Crippen LogP contribution < -0.4 is 4.74 Å². The molecule has 6 heteroatoms. The molecule has 0 radical (unpaired) electrons. The minimum atomic E-state index is -0.355. The van der Waals surface area contributed by atoms with Gasteiger partial charge in [0.25, 0.3) is 0 Å². The maximum absolute atomic E-state index is 13.4. The van der Waals surface area contributed by atoms with Crippen molar-refractivity contribution in [1.82, 2.24) is 14.7 Å². The zero-order chi connectivity index (χ0) is 19.7. The molecule has 1 N–H and O–H groups in total. The third-order valence-corrected chi connectivity index (χ3v) is 6.38. The average molecular weight is 383 g/mol. The predicted molar refractivity (Wildman–Crippen MR) is 107 cm³/mol. The molecule has 0 atom stereocenters. The lowest BCUT2D eigenvalue weighted by atomic mass is 9.89. The maximum atomic E-state index is 13.4. The van der Waals surface area contributed by atoms with Crippen LogP contribution in [0.25, 0.3) is 0 Å². The Balaban J connectivity index is 1.45. The zero-order valence-corrected chi connectivity index (χ0v) is 16.7. The molecule has 1 amide bonds. The van der Waals surface area contributed by atoms with Gasteiger partial charge in [-0.05, 0) is 55.9 Å². The fourth-order valence-electron chi connectivity index (χ4n) is 4.52. The van der Waals surface area contributed by atoms with Gasteiger partial charge in [-0.25, -0.2) is 0 Å². The van der Waals surface area contributed by atoms with Crippen molar-refractivity contribution in [3.8, 4) is 5.75 Å². The highest BCUT2D eigenvalue weighted by Crippen LogP contribution is 2.51. The van der Waals surface area contributed by atoms with Crippen LogP contribution in [0.5, 0.6) is 5.75 Å². The Morgan fingerprint density at radius 1 is 1.29 bits per heavy atom. The topological polar surface area (TPSA) is 67.6 Å². The molecule has 1 aliphatic carbocycles. The Kier molecular flexibility index (Phi) is 5.15. The maximum Gasteiger partial charge on any atom is 0.233 e. The van der Waals surface area contributed by atoms with Crippen LogP contribution in [0.1, 0.15) is 48.4 Å². The second kappa shape index (κ2) is 7.59. The number of amides is 1. The number of methoxy groups -OCH3 is 1. The predicted octanol–water partition coefficient (Wildman–Crippen LogP) is 2.63. The van der Waals surface area contributed by atoms with Crippen molar-refractivity contribution < 1.29 is 14.6 Å². The van der Waals surface area contributed by atoms with E-state index in [-0.39, 0.29) is 17.9 Å². The van der Waals surface area contributed by atoms with E-state index < -0.39 is 0 Å². The quantitative estimate of drug-likeness (QED) is 0.833. The van der Waals surface area contributed by atoms with Crippen molar-refractivity contribution in [3.63, 3.8) is 0 Å². The Hall–Kier alpha value is -2.34. The lowest BCUT2D eigenvalue weighted by Gasteiger charge is -2.35. The summed E-state index contributed by atoms with van der Waals surface area (Å²) in [6.07, 6.45) is 5.52. The van der Waals surface area contributed by atoms with Gasteiger partial charge in [-0.1, -0.05) is 12.1 Å². The number of hydrogen-bond donors (Lipinski definition) is 1. The fourth-order valence-corrected chi connectivity index (χ4v) is 4.52. The van der Waals surface area contributed by atoms with Gasteiger partial charge >= 0.3 is 0 Å². The van der Waals surface area contributed by atoms with Crippen molar-refractivity contribution in [3.05, 3.63) is 47.3 Å². The number of piperidine rings is 1. The lowest BCUT2D eigenvalue weighted by Crippen LogP contribution is -2.43. The second-order valence-corrected chi connectivity index (χ2v) is 8.04. The summed E-state index contributed by atoms with van der Waals surface area (Å²) >= 11 is 0. The summed E-state index contributed by atoms with van der Waals surface area (Å²) in [5, 5.41) is 13.5. The average Bonchev–Trinajstić information content (AvgIpc) is 3.41. The van der Waals surface area contributed by atoms with Gasteiger partial charge in [0.2, 0.25) is 5.91 Å². The number of aliphatic hydroxyl groups is 1. The molecular formula is C22H29N3O3. The van der Waals surface area contributed by atoms with Gasteiger partial charge in [-0.2, -0.15) is 5.10 Å². The van der Waals surface area contributed by atoms with Gasteiger partial charge in [0.1, 0.15) is 5.75 Å². The number of rotatable bonds is 6. The largest absolute Gasteiger partial charge is 0.496 e. The molecule has 0 bridgehead atoms. The van der Waals surface area contributed by atoms with Crippen molar-refractivity contribution in [2.75, 3.05) is 26.8 Å². The van der Waals surface area contributed by atoms with E-state index in [0.717, 1.165) is 55.6 Å². The standard InChI is InChI=1S/C22H29N3O3/c1-16-3-4-18(15-20(16)28-2)22(8-9-22)21(27)24-11-6-17(7-12-24)19-5-10-23-25(19)13-14-26/h3-5,10,15,17,26H,6-9,11-14H2,1-2H3. The van der Waals surface area contributed by atoms with Crippen molar-refractivity contribution in [2.24, 2.45) is 0 Å². The van der Waals surface area contributed by atoms with Gasteiger partial charge in [-0.3, -0.25) is 9.48 Å². The first-order valence-corrected chi connectivity index (χ1v) is 10.2. The smallest absolute Gasteiger partial charge is 0.233 e. The van der Waals surface area contributed by atoms with E-state index in [1.807, 2.05) is 28.6 Å². The Bertz CT molecular complexity index is 848. The highest BCUT2D eigenvalue weighted by Gasteiger charge is 2.53. The number of aryl methyl sites for hydroxylation is 1. The Labute approximate surface area is 166 Å². The summed E-state index contributed by atoms with van der Waals surface area (Å²) in [6.45, 7) is 4.20. The summed E-state index contributed by atoms with van der Waals surface area (Å²) in [4.78, 5) is 15.4. The number of nitrogens with zero attached hydrogens (tertiary/aromatic N) is 3. The van der Waals surface area contributed by atoms with Crippen LogP contribution in [0.2, 0.25) is 0 Å². The first kappa shape index (κ1) is 19.0. The van der Waals surface area contributed by atoms with Crippen molar-refractivity contribution >= 4 is 5.91 Å². The highest BCUT2D eigenvalue weighted by atomic mass is 16.5. The zero-order valence-electron chi connectivity index (χ0n) is 16.7. The minimum Gasteiger partial charge on any atom is -0.496 e. The van der Waals surface area contributed by atoms with Crippen LogP contribution in [0.4, 0.5) is 0 Å². The van der Waals surface area contributed by atoms with E-state index >= 15 is 0 Å². The Morgan fingerprint density at radius 2 is 2.04 bits per heavy atom. The molecule has 1 aromatic carbocycles. The molecule has 6 nitrogen and oxygen atoms in total. The SMILES string of the molecule is COc1cc(C2(C(=O)N3CCC(c4ccnn4CCO)CC3)CC2)ccc1C. The number of benzene rings is 1. The Morgan fingerprint density at radius 3 is 2.68 bits per heavy atom. The van der Waals surface area contributed by atoms with Crippen LogP contribution in [0, 0.1) is 6.92 Å². The molecule has 2 aliphatic rings. The van der Waals surface area contributed by atoms with Gasteiger partial charge < -0.3 is 14.7 Å². The van der Waals surface area contributed by atoms with Crippen molar-refractivity contribution in [2.45, 2.75) is 50.5 Å². The number of carbonyl (C=O) groups is 1. The lowest BCUT2D eigenvalue weighted by molar-refractivity contribution is -0.135. The molecule has 2 aromatic rings. The van der Waals surface area contributed by atoms with Gasteiger partial charge in [0.15, 0.2) is 0 Å². The molecule has 2 fully saturated rings. The third-order valence-electron chi connectivity index (χ3n) is 6.38. The molecule has 0 unspecified atom stereocenters. The second-order valence-electron chi connectivity index (χ2n) is 8.04. The molecule has 150 valence electrons. The summed E-state index contributed by atoms with van der Waals surface area (Å²) in [5.74, 6) is 1.51. The van der Waals surface area contributed by atoms with Crippen LogP contribution in [-0.4, -0.2) is 52.5 Å². The summed E-state index contributed by atoms with van der Waals surface area (Å²) < 4.78 is 7.36. The molecule has 4 rings (SSSR count). The van der Waals surface area contributed by atoms with E-state index in [0.29, 0.717) is 12.5 Å². The molecule has 0 spiro atoms. The van der Waals surface area contributed by atoms with E-state index in [2.05, 4.69) is 17.2 Å². The molecular weight excluding hydrogens is 354 g/mol. The van der Waals surface area contributed by atoms with Crippen LogP contribution in [0.3, 0.4) is 0 Å². The highest BCUT2D eigenvalue weighted by molar-refractivity contribution is 5.91. The van der Waals surface area contributed by atoms with Crippen LogP contribution in [-0.2, 0) is 16.8 Å². The van der Waals surface area contributed by atoms with E-state index in [9.17, 15) is 9.90 Å². The van der Waals surface area contributed by atoms with E-state index in [1.165, 1.54) is 5.69 Å². The van der Waals surface area contributed by atoms with Crippen LogP contribution in [0.15, 0.2) is 30.5 Å². The minimum absolute atomic E-state index is 0.0918. The monoisotopic (exact) mass is 383 g/mol. The number of likely N-dealkylation sites (tertiary alicyclic amines) is 1. The number of aromatic nitrogens is 2. The van der Waals surface area contributed by atoms with Gasteiger partial charge in [0, 0.05) is 30.9 Å². The van der Waals surface area contributed by atoms with E-state index in [4.69, 9.17) is 4.74 Å². The van der Waals surface area contributed by atoms with Crippen LogP contribution >= 0.6 is 0 Å². The molecule has 1 saturated heterocycles. The number of ether oxygens (including phenoxy) is 1. The first-order valence-electron chi connectivity index (χ1n) is 10.2. The molecule has 1 aromatic heterocycles. The van der Waals surface area contributed by atoms with Gasteiger partial charge in [-0.15, -0.1) is 0 Å². The molecule has 1 aliphatic heterocycles. The van der Waals surface area contributed by atoms with E-state index in [1.54, 1.807) is 13.3 Å². The molecule has 2 heterocycles. The molecule has 28 heavy (non-hydrogen) atoms. The van der Waals surface area contributed by atoms with Crippen molar-refractivity contribution in [1.29, 1.82) is 0 Å². The summed E-state index contributed by atoms with van der Waals surface area (Å²) in [7, 11) is 1.68. The molecule has 1 saturated carbocycles. The fraction of sp³-hybridized carbons (Fsp3) is 0.545. The number of hydrogen-bond acceptors (Lipinski definition) is 4. The number of aliphatic hydroxyl groups excluding tert-OH is 1. The summed E-state index contributed by atoms with van der Waals surface area (Å²) in [5.41, 5.74) is 3.00. The normalized spacial score (nSPS) is 18.9. The summed E-state index contributed by atoms with van der Waals surface area (Å²) in [6, 6.07) is 8.22.